The highest BCUT2D eigenvalue weighted by Gasteiger charge is 2.00. The first-order valence-corrected chi connectivity index (χ1v) is 3.05. The topological polar surface area (TPSA) is 54.5 Å². The van der Waals surface area contributed by atoms with E-state index in [-0.39, 0.29) is 12.4 Å². The molecule has 11 heavy (non-hydrogen) atoms. The van der Waals surface area contributed by atoms with Crippen LogP contribution in [0.4, 0.5) is 0 Å². The van der Waals surface area contributed by atoms with Gasteiger partial charge >= 0.3 is 0 Å². The van der Waals surface area contributed by atoms with Crippen molar-refractivity contribution >= 4 is 35.2 Å². The van der Waals surface area contributed by atoms with Crippen molar-refractivity contribution < 1.29 is 0 Å². The molecule has 0 saturated carbocycles. The van der Waals surface area contributed by atoms with Crippen LogP contribution in [-0.2, 0) is 0 Å². The molecule has 0 aliphatic heterocycles. The van der Waals surface area contributed by atoms with Crippen molar-refractivity contribution in [2.75, 3.05) is 0 Å². The molecule has 0 aliphatic rings. The van der Waals surface area contributed by atoms with Crippen molar-refractivity contribution in [2.45, 2.75) is 0 Å². The summed E-state index contributed by atoms with van der Waals surface area (Å²) in [6, 6.07) is 0. The zero-order valence-electron chi connectivity index (χ0n) is 5.28. The van der Waals surface area contributed by atoms with Gasteiger partial charge < -0.3 is 4.98 Å². The third-order valence-electron chi connectivity index (χ3n) is 1.18. The summed E-state index contributed by atoms with van der Waals surface area (Å²) in [5.41, 5.74) is 1.28. The zero-order chi connectivity index (χ0) is 6.97. The lowest BCUT2D eigenvalue weighted by Crippen LogP contribution is -1.80. The van der Waals surface area contributed by atoms with Gasteiger partial charge in [0.25, 0.3) is 0 Å². The normalized spacial score (nSPS) is 9.55. The quantitative estimate of drug-likeness (QED) is 0.640. The molecule has 0 aliphatic carbocycles. The van der Waals surface area contributed by atoms with Crippen LogP contribution in [0.15, 0.2) is 12.7 Å². The van der Waals surface area contributed by atoms with Gasteiger partial charge in [-0.15, -0.1) is 12.4 Å². The molecule has 0 saturated heterocycles. The number of hydrogen-bond acceptors (Lipinski definition) is 3. The third kappa shape index (κ3) is 1.27. The van der Waals surface area contributed by atoms with Gasteiger partial charge in [0, 0.05) is 0 Å². The molecule has 0 radical (unpaired) electrons. The summed E-state index contributed by atoms with van der Waals surface area (Å²) < 4.78 is 0. The van der Waals surface area contributed by atoms with Crippen molar-refractivity contribution in [1.29, 1.82) is 0 Å². The van der Waals surface area contributed by atoms with Gasteiger partial charge in [-0.1, -0.05) is 11.6 Å². The molecular formula is C5H4Cl2N4. The minimum atomic E-state index is 0. The molecule has 2 heterocycles. The molecule has 0 aromatic carbocycles. The Hall–Kier alpha value is -0.870. The van der Waals surface area contributed by atoms with Crippen LogP contribution in [0.1, 0.15) is 0 Å². The maximum Gasteiger partial charge on any atom is 0.182 e. The smallest absolute Gasteiger partial charge is 0.182 e. The van der Waals surface area contributed by atoms with Crippen LogP contribution in [0.3, 0.4) is 0 Å². The van der Waals surface area contributed by atoms with E-state index >= 15 is 0 Å². The summed E-state index contributed by atoms with van der Waals surface area (Å²) in [6.07, 6.45) is 2.91. The van der Waals surface area contributed by atoms with Crippen LogP contribution in [0.5, 0.6) is 0 Å². The molecule has 0 amide bonds. The predicted octanol–water partition coefficient (Wildman–Crippen LogP) is 1.43. The maximum atomic E-state index is 5.68. The summed E-state index contributed by atoms with van der Waals surface area (Å²) in [5, 5.41) is 0.405. The average Bonchev–Trinajstić information content (AvgIpc) is 2.36. The predicted molar refractivity (Wildman–Crippen MR) is 43.9 cm³/mol. The molecular weight excluding hydrogens is 187 g/mol. The Labute approximate surface area is 73.4 Å². The van der Waals surface area contributed by atoms with Crippen molar-refractivity contribution in [3.05, 3.63) is 17.8 Å². The second-order valence-electron chi connectivity index (χ2n) is 1.77. The number of H-pyrrole nitrogens is 1. The molecule has 0 fully saturated rings. The van der Waals surface area contributed by atoms with E-state index in [1.165, 1.54) is 12.7 Å². The summed E-state index contributed by atoms with van der Waals surface area (Å²) in [6.45, 7) is 0. The molecule has 0 unspecified atom stereocenters. The Balaban J connectivity index is 0.000000605. The summed E-state index contributed by atoms with van der Waals surface area (Å²) in [5.74, 6) is 0. The molecule has 2 aromatic heterocycles. The maximum absolute atomic E-state index is 5.68. The first-order chi connectivity index (χ1) is 4.88. The van der Waals surface area contributed by atoms with E-state index in [9.17, 15) is 0 Å². The lowest BCUT2D eigenvalue weighted by molar-refractivity contribution is 1.20. The number of aromatic nitrogens is 4. The van der Waals surface area contributed by atoms with E-state index in [4.69, 9.17) is 11.6 Å². The number of imidazole rings is 1. The van der Waals surface area contributed by atoms with Gasteiger partial charge in [-0.3, -0.25) is 0 Å². The lowest BCUT2D eigenvalue weighted by atomic mass is 10.6. The molecule has 4 nitrogen and oxygen atoms in total. The van der Waals surface area contributed by atoms with Crippen LogP contribution in [-0.4, -0.2) is 19.9 Å². The lowest BCUT2D eigenvalue weighted by Gasteiger charge is -1.86. The summed E-state index contributed by atoms with van der Waals surface area (Å²) in [7, 11) is 0. The van der Waals surface area contributed by atoms with Crippen molar-refractivity contribution in [3.63, 3.8) is 0 Å². The number of aromatic amines is 1. The number of hydrogen-bond donors (Lipinski definition) is 1. The first-order valence-electron chi connectivity index (χ1n) is 2.67. The summed E-state index contributed by atoms with van der Waals surface area (Å²) >= 11 is 5.68. The highest BCUT2D eigenvalue weighted by molar-refractivity contribution is 6.33. The second-order valence-corrected chi connectivity index (χ2v) is 2.12. The number of nitrogens with zero attached hydrogens (tertiary/aromatic N) is 3. The van der Waals surface area contributed by atoms with Gasteiger partial charge in [0.1, 0.15) is 11.8 Å². The SMILES string of the molecule is Cl.Clc1ncnc2nc[nH]c12. The third-order valence-corrected chi connectivity index (χ3v) is 1.46. The minimum Gasteiger partial charge on any atom is -0.341 e. The van der Waals surface area contributed by atoms with Crippen LogP contribution in [0.25, 0.3) is 11.2 Å². The van der Waals surface area contributed by atoms with E-state index in [0.29, 0.717) is 16.3 Å². The minimum absolute atomic E-state index is 0. The molecule has 1 N–H and O–H groups in total. The Morgan fingerprint density at radius 3 is 2.82 bits per heavy atom. The van der Waals surface area contributed by atoms with E-state index < -0.39 is 0 Å². The molecule has 0 atom stereocenters. The standard InChI is InChI=1S/C5H3ClN4.ClH/c6-4-3-5(9-1-7-3)10-2-8-4;/h1-2H,(H,7,8,9,10);1H. The van der Waals surface area contributed by atoms with Crippen LogP contribution < -0.4 is 0 Å². The Morgan fingerprint density at radius 1 is 1.27 bits per heavy atom. The first kappa shape index (κ1) is 8.23. The van der Waals surface area contributed by atoms with Gasteiger partial charge in [-0.05, 0) is 0 Å². The van der Waals surface area contributed by atoms with Gasteiger partial charge in [-0.2, -0.15) is 0 Å². The van der Waals surface area contributed by atoms with E-state index in [1.54, 1.807) is 0 Å². The van der Waals surface area contributed by atoms with Crippen molar-refractivity contribution in [1.82, 2.24) is 19.9 Å². The number of nitrogens with one attached hydrogen (secondary N) is 1. The largest absolute Gasteiger partial charge is 0.341 e. The Kier molecular flexibility index (Phi) is 2.26. The van der Waals surface area contributed by atoms with Gasteiger partial charge in [0.15, 0.2) is 10.8 Å². The zero-order valence-corrected chi connectivity index (χ0v) is 6.85. The van der Waals surface area contributed by atoms with Gasteiger partial charge in [-0.25, -0.2) is 15.0 Å². The van der Waals surface area contributed by atoms with Crippen LogP contribution >= 0.6 is 24.0 Å². The average molecular weight is 191 g/mol. The van der Waals surface area contributed by atoms with Crippen molar-refractivity contribution in [2.24, 2.45) is 0 Å². The number of rotatable bonds is 0. The highest BCUT2D eigenvalue weighted by Crippen LogP contribution is 2.13. The molecule has 6 heteroatoms. The highest BCUT2D eigenvalue weighted by atomic mass is 35.5. The number of halogens is 2. The van der Waals surface area contributed by atoms with Crippen molar-refractivity contribution in [3.8, 4) is 0 Å². The number of fused-ring (bicyclic) bond motifs is 1. The van der Waals surface area contributed by atoms with Crippen LogP contribution in [0.2, 0.25) is 5.15 Å². The van der Waals surface area contributed by atoms with Gasteiger partial charge in [0.2, 0.25) is 0 Å². The van der Waals surface area contributed by atoms with E-state index in [1.807, 2.05) is 0 Å². The molecule has 0 bridgehead atoms. The molecule has 0 spiro atoms. The van der Waals surface area contributed by atoms with E-state index in [2.05, 4.69) is 19.9 Å². The van der Waals surface area contributed by atoms with Crippen LogP contribution in [0, 0.1) is 0 Å². The molecule has 2 aromatic rings. The fourth-order valence-corrected chi connectivity index (χ4v) is 0.918. The molecule has 2 rings (SSSR count). The monoisotopic (exact) mass is 190 g/mol. The second kappa shape index (κ2) is 3.02. The van der Waals surface area contributed by atoms with E-state index in [0.717, 1.165) is 0 Å². The fraction of sp³-hybridized carbons (Fsp3) is 0. The Morgan fingerprint density at radius 2 is 2.09 bits per heavy atom. The Bertz CT molecular complexity index is 358. The fourth-order valence-electron chi connectivity index (χ4n) is 0.736. The molecule has 58 valence electrons. The summed E-state index contributed by atoms with van der Waals surface area (Å²) in [4.78, 5) is 14.3. The van der Waals surface area contributed by atoms with Gasteiger partial charge in [0.05, 0.1) is 6.33 Å².